The molecule has 4 rings (SSSR count). The normalized spacial score (nSPS) is 25.2. The molecule has 1 saturated carbocycles. The number of likely N-dealkylation sites (tertiary alicyclic amines) is 1. The Morgan fingerprint density at radius 2 is 2.24 bits per heavy atom. The lowest BCUT2D eigenvalue weighted by atomic mass is 9.80. The first kappa shape index (κ1) is 16.1. The quantitative estimate of drug-likeness (QED) is 0.836. The second-order valence-corrected chi connectivity index (χ2v) is 6.99. The first-order chi connectivity index (χ1) is 12.2. The van der Waals surface area contributed by atoms with Crippen molar-refractivity contribution in [1.29, 1.82) is 0 Å². The molecule has 1 aromatic carbocycles. The Balaban J connectivity index is 1.46. The van der Waals surface area contributed by atoms with E-state index in [1.165, 1.54) is 0 Å². The zero-order valence-corrected chi connectivity index (χ0v) is 14.5. The van der Waals surface area contributed by atoms with Crippen molar-refractivity contribution in [2.75, 3.05) is 19.7 Å². The molecule has 2 heterocycles. The number of nitrogens with zero attached hydrogens (tertiary/aromatic N) is 3. The summed E-state index contributed by atoms with van der Waals surface area (Å²) in [5.74, 6) is 2.61. The molecule has 0 radical (unpaired) electrons. The second kappa shape index (κ2) is 6.50. The predicted octanol–water partition coefficient (Wildman–Crippen LogP) is 2.59. The summed E-state index contributed by atoms with van der Waals surface area (Å²) < 4.78 is 11.0. The van der Waals surface area contributed by atoms with Gasteiger partial charge in [-0.1, -0.05) is 36.7 Å². The number of carbonyl (C=O) groups excluding carboxylic acids is 1. The number of benzene rings is 1. The van der Waals surface area contributed by atoms with Crippen LogP contribution >= 0.6 is 0 Å². The maximum atomic E-state index is 12.6. The predicted molar refractivity (Wildman–Crippen MR) is 91.2 cm³/mol. The van der Waals surface area contributed by atoms with Crippen molar-refractivity contribution in [2.45, 2.75) is 38.0 Å². The lowest BCUT2D eigenvalue weighted by Crippen LogP contribution is -2.37. The Labute approximate surface area is 147 Å². The molecule has 132 valence electrons. The van der Waals surface area contributed by atoms with Gasteiger partial charge in [-0.05, 0) is 30.9 Å². The number of amides is 1. The minimum Gasteiger partial charge on any atom is -0.484 e. The fourth-order valence-electron chi connectivity index (χ4n) is 4.20. The molecular formula is C19H23N3O3. The summed E-state index contributed by atoms with van der Waals surface area (Å²) in [4.78, 5) is 19.1. The number of ether oxygens (including phenoxy) is 1. The van der Waals surface area contributed by atoms with E-state index in [1.807, 2.05) is 42.2 Å². The van der Waals surface area contributed by atoms with Gasteiger partial charge in [-0.15, -0.1) is 0 Å². The van der Waals surface area contributed by atoms with Gasteiger partial charge in [-0.3, -0.25) is 4.79 Å². The van der Waals surface area contributed by atoms with Crippen molar-refractivity contribution in [2.24, 2.45) is 5.92 Å². The van der Waals surface area contributed by atoms with Gasteiger partial charge in [0, 0.05) is 19.5 Å². The highest BCUT2D eigenvalue weighted by atomic mass is 16.5. The molecule has 0 N–H and O–H groups in total. The van der Waals surface area contributed by atoms with Crippen LogP contribution in [-0.4, -0.2) is 40.6 Å². The third-order valence-electron chi connectivity index (χ3n) is 5.54. The van der Waals surface area contributed by atoms with Gasteiger partial charge in [0.15, 0.2) is 12.4 Å². The van der Waals surface area contributed by atoms with Crippen LogP contribution in [0.5, 0.6) is 5.75 Å². The summed E-state index contributed by atoms with van der Waals surface area (Å²) in [6.07, 6.45) is 4.02. The molecule has 1 aliphatic carbocycles. The average Bonchev–Trinajstić information content (AvgIpc) is 3.33. The SMILES string of the molecule is CCc1nc(C23CCCC2CN(C(=O)COc2ccccc2)C3)no1. The van der Waals surface area contributed by atoms with E-state index < -0.39 is 0 Å². The first-order valence-corrected chi connectivity index (χ1v) is 9.00. The molecule has 0 bridgehead atoms. The number of hydrogen-bond donors (Lipinski definition) is 0. The van der Waals surface area contributed by atoms with Crippen LogP contribution < -0.4 is 4.74 Å². The maximum Gasteiger partial charge on any atom is 0.260 e. The zero-order valence-electron chi connectivity index (χ0n) is 14.5. The molecular weight excluding hydrogens is 318 g/mol. The van der Waals surface area contributed by atoms with Gasteiger partial charge < -0.3 is 14.2 Å². The standard InChI is InChI=1S/C19H23N3O3/c1-2-16-20-18(21-25-16)19-10-6-7-14(19)11-22(13-19)17(23)12-24-15-8-4-3-5-9-15/h3-5,8-9,14H,2,6-7,10-13H2,1H3. The van der Waals surface area contributed by atoms with E-state index in [9.17, 15) is 4.79 Å². The third kappa shape index (κ3) is 2.90. The molecule has 1 amide bonds. The number of carbonyl (C=O) groups is 1. The molecule has 1 aliphatic heterocycles. The van der Waals surface area contributed by atoms with Crippen LogP contribution in [-0.2, 0) is 16.6 Å². The molecule has 2 unspecified atom stereocenters. The maximum absolute atomic E-state index is 12.6. The minimum atomic E-state index is -0.140. The van der Waals surface area contributed by atoms with Crippen LogP contribution in [0.2, 0.25) is 0 Å². The molecule has 1 saturated heterocycles. The zero-order chi connectivity index (χ0) is 17.3. The molecule has 2 aliphatic rings. The molecule has 2 atom stereocenters. The lowest BCUT2D eigenvalue weighted by molar-refractivity contribution is -0.132. The van der Waals surface area contributed by atoms with Gasteiger partial charge in [0.1, 0.15) is 5.75 Å². The Hall–Kier alpha value is -2.37. The molecule has 25 heavy (non-hydrogen) atoms. The monoisotopic (exact) mass is 341 g/mol. The van der Waals surface area contributed by atoms with Gasteiger partial charge >= 0.3 is 0 Å². The number of rotatable bonds is 5. The molecule has 0 spiro atoms. The van der Waals surface area contributed by atoms with Crippen LogP contribution in [0.1, 0.15) is 37.9 Å². The van der Waals surface area contributed by atoms with E-state index in [0.29, 0.717) is 18.4 Å². The summed E-state index contributed by atoms with van der Waals surface area (Å²) in [5, 5.41) is 4.23. The summed E-state index contributed by atoms with van der Waals surface area (Å²) in [5.41, 5.74) is -0.140. The van der Waals surface area contributed by atoms with Crippen molar-refractivity contribution in [3.8, 4) is 5.75 Å². The number of hydrogen-bond acceptors (Lipinski definition) is 5. The van der Waals surface area contributed by atoms with Gasteiger partial charge in [0.25, 0.3) is 5.91 Å². The van der Waals surface area contributed by atoms with Crippen molar-refractivity contribution >= 4 is 5.91 Å². The highest BCUT2D eigenvalue weighted by Crippen LogP contribution is 2.49. The fraction of sp³-hybridized carbons (Fsp3) is 0.526. The number of aromatic nitrogens is 2. The van der Waals surface area contributed by atoms with E-state index in [2.05, 4.69) is 10.1 Å². The van der Waals surface area contributed by atoms with E-state index >= 15 is 0 Å². The van der Waals surface area contributed by atoms with Crippen LogP contribution in [0.15, 0.2) is 34.9 Å². The highest BCUT2D eigenvalue weighted by Gasteiger charge is 2.54. The fourth-order valence-corrected chi connectivity index (χ4v) is 4.20. The highest BCUT2D eigenvalue weighted by molar-refractivity contribution is 5.78. The van der Waals surface area contributed by atoms with Crippen molar-refractivity contribution in [3.63, 3.8) is 0 Å². The average molecular weight is 341 g/mol. The Morgan fingerprint density at radius 1 is 1.40 bits per heavy atom. The lowest BCUT2D eigenvalue weighted by Gasteiger charge is -2.24. The van der Waals surface area contributed by atoms with Crippen LogP contribution in [0.4, 0.5) is 0 Å². The summed E-state index contributed by atoms with van der Waals surface area (Å²) in [6.45, 7) is 3.50. The van der Waals surface area contributed by atoms with E-state index in [4.69, 9.17) is 9.26 Å². The van der Waals surface area contributed by atoms with Crippen LogP contribution in [0.3, 0.4) is 0 Å². The van der Waals surface area contributed by atoms with Crippen molar-refractivity contribution in [3.05, 3.63) is 42.0 Å². The Kier molecular flexibility index (Phi) is 4.19. The van der Waals surface area contributed by atoms with E-state index in [0.717, 1.165) is 43.8 Å². The van der Waals surface area contributed by atoms with Crippen LogP contribution in [0.25, 0.3) is 0 Å². The number of para-hydroxylation sites is 1. The van der Waals surface area contributed by atoms with Gasteiger partial charge in [0.2, 0.25) is 5.89 Å². The number of fused-ring (bicyclic) bond motifs is 1. The minimum absolute atomic E-state index is 0.0248. The molecule has 1 aromatic heterocycles. The summed E-state index contributed by atoms with van der Waals surface area (Å²) in [6, 6.07) is 9.45. The third-order valence-corrected chi connectivity index (χ3v) is 5.54. The van der Waals surface area contributed by atoms with E-state index in [-0.39, 0.29) is 17.9 Å². The summed E-state index contributed by atoms with van der Waals surface area (Å²) in [7, 11) is 0. The molecule has 2 fully saturated rings. The van der Waals surface area contributed by atoms with E-state index in [1.54, 1.807) is 0 Å². The van der Waals surface area contributed by atoms with Gasteiger partial charge in [-0.2, -0.15) is 4.98 Å². The smallest absolute Gasteiger partial charge is 0.260 e. The second-order valence-electron chi connectivity index (χ2n) is 6.99. The first-order valence-electron chi connectivity index (χ1n) is 9.00. The van der Waals surface area contributed by atoms with Crippen molar-refractivity contribution < 1.29 is 14.1 Å². The van der Waals surface area contributed by atoms with Crippen LogP contribution in [0, 0.1) is 5.92 Å². The number of aryl methyl sites for hydroxylation is 1. The van der Waals surface area contributed by atoms with Gasteiger partial charge in [-0.25, -0.2) is 0 Å². The molecule has 6 nitrogen and oxygen atoms in total. The Bertz CT molecular complexity index is 745. The largest absolute Gasteiger partial charge is 0.484 e. The van der Waals surface area contributed by atoms with Gasteiger partial charge in [0.05, 0.1) is 5.41 Å². The molecule has 6 heteroatoms. The van der Waals surface area contributed by atoms with Crippen molar-refractivity contribution in [1.82, 2.24) is 15.0 Å². The topological polar surface area (TPSA) is 68.5 Å². The summed E-state index contributed by atoms with van der Waals surface area (Å²) >= 11 is 0. The Morgan fingerprint density at radius 3 is 3.00 bits per heavy atom. The molecule has 2 aromatic rings.